The van der Waals surface area contributed by atoms with Crippen LogP contribution >= 0.6 is 11.6 Å². The van der Waals surface area contributed by atoms with Gasteiger partial charge in [0.05, 0.1) is 31.0 Å². The zero-order chi connectivity index (χ0) is 29.2. The topological polar surface area (TPSA) is 107 Å². The zero-order valence-electron chi connectivity index (χ0n) is 22.4. The summed E-state index contributed by atoms with van der Waals surface area (Å²) >= 11 is 5.91. The molecular formula is C30H28ClN3O6S. The predicted octanol–water partition coefficient (Wildman–Crippen LogP) is 5.28. The average Bonchev–Trinajstić information content (AvgIpc) is 3.00. The number of hydrogen-bond acceptors (Lipinski definition) is 7. The third-order valence-corrected chi connectivity index (χ3v) is 7.92. The molecule has 9 nitrogen and oxygen atoms in total. The maximum absolute atomic E-state index is 13.5. The Bertz CT molecular complexity index is 1600. The van der Waals surface area contributed by atoms with Crippen molar-refractivity contribution in [3.05, 3.63) is 113 Å². The molecule has 4 aromatic carbocycles. The maximum Gasteiger partial charge on any atom is 0.264 e. The summed E-state index contributed by atoms with van der Waals surface area (Å²) in [4.78, 5) is 12.9. The number of methoxy groups -OCH3 is 2. The Balaban J connectivity index is 1.44. The minimum absolute atomic E-state index is 0.0319. The summed E-state index contributed by atoms with van der Waals surface area (Å²) in [5.41, 5.74) is 4.31. The Morgan fingerprint density at radius 1 is 0.902 bits per heavy atom. The van der Waals surface area contributed by atoms with E-state index in [9.17, 15) is 13.2 Å². The monoisotopic (exact) mass is 593 g/mol. The van der Waals surface area contributed by atoms with E-state index in [2.05, 4.69) is 10.5 Å². The Hall–Kier alpha value is -4.54. The molecule has 0 spiro atoms. The van der Waals surface area contributed by atoms with Gasteiger partial charge < -0.3 is 14.2 Å². The van der Waals surface area contributed by atoms with Crippen molar-refractivity contribution in [3.63, 3.8) is 0 Å². The molecule has 1 N–H and O–H groups in total. The van der Waals surface area contributed by atoms with E-state index >= 15 is 0 Å². The molecule has 1 amide bonds. The Labute approximate surface area is 244 Å². The van der Waals surface area contributed by atoms with E-state index < -0.39 is 22.5 Å². The number of sulfonamides is 1. The maximum atomic E-state index is 13.5. The first kappa shape index (κ1) is 29.4. The smallest absolute Gasteiger partial charge is 0.264 e. The number of nitrogens with zero attached hydrogens (tertiary/aromatic N) is 2. The Morgan fingerprint density at radius 2 is 1.59 bits per heavy atom. The van der Waals surface area contributed by atoms with Gasteiger partial charge in [-0.1, -0.05) is 41.9 Å². The minimum atomic E-state index is -4.10. The van der Waals surface area contributed by atoms with Crippen LogP contribution in [-0.2, 0) is 21.4 Å². The molecule has 0 saturated carbocycles. The van der Waals surface area contributed by atoms with Crippen LogP contribution in [0.2, 0.25) is 5.02 Å². The number of hydrazone groups is 1. The van der Waals surface area contributed by atoms with Crippen molar-refractivity contribution < 1.29 is 27.4 Å². The first-order chi connectivity index (χ1) is 19.8. The van der Waals surface area contributed by atoms with Gasteiger partial charge in [-0.15, -0.1) is 0 Å². The van der Waals surface area contributed by atoms with Crippen LogP contribution in [0.4, 0.5) is 5.69 Å². The number of amides is 1. The van der Waals surface area contributed by atoms with Crippen molar-refractivity contribution >= 4 is 39.4 Å². The van der Waals surface area contributed by atoms with Gasteiger partial charge in [-0.05, 0) is 71.8 Å². The highest BCUT2D eigenvalue weighted by atomic mass is 35.5. The molecule has 0 saturated heterocycles. The normalized spacial score (nSPS) is 11.2. The van der Waals surface area contributed by atoms with Crippen LogP contribution in [0.5, 0.6) is 17.2 Å². The van der Waals surface area contributed by atoms with E-state index in [0.29, 0.717) is 34.4 Å². The van der Waals surface area contributed by atoms with Gasteiger partial charge in [0.2, 0.25) is 0 Å². The van der Waals surface area contributed by atoms with Crippen molar-refractivity contribution in [1.29, 1.82) is 0 Å². The fourth-order valence-corrected chi connectivity index (χ4v) is 5.32. The second-order valence-corrected chi connectivity index (χ2v) is 10.9. The largest absolute Gasteiger partial charge is 0.493 e. The lowest BCUT2D eigenvalue weighted by molar-refractivity contribution is -0.119. The SMILES string of the molecule is COc1ccc(N(CC(=O)N/N=C/c2ccc(OCc3ccc(Cl)cc3)cc2)S(=O)(=O)c2ccccc2)cc1OC. The molecule has 0 aliphatic heterocycles. The molecule has 212 valence electrons. The average molecular weight is 594 g/mol. The highest BCUT2D eigenvalue weighted by Gasteiger charge is 2.28. The van der Waals surface area contributed by atoms with Crippen molar-refractivity contribution in [2.75, 3.05) is 25.1 Å². The number of nitrogens with one attached hydrogen (secondary N) is 1. The zero-order valence-corrected chi connectivity index (χ0v) is 23.9. The molecule has 0 radical (unpaired) electrons. The second-order valence-electron chi connectivity index (χ2n) is 8.64. The van der Waals surface area contributed by atoms with Gasteiger partial charge in [0.1, 0.15) is 18.9 Å². The number of carbonyl (C=O) groups is 1. The molecule has 4 rings (SSSR count). The summed E-state index contributed by atoms with van der Waals surface area (Å²) in [6.45, 7) is -0.134. The van der Waals surface area contributed by atoms with Gasteiger partial charge in [-0.25, -0.2) is 13.8 Å². The number of hydrogen-bond donors (Lipinski definition) is 1. The van der Waals surface area contributed by atoms with Crippen LogP contribution in [0.3, 0.4) is 0 Å². The first-order valence-corrected chi connectivity index (χ1v) is 14.2. The number of halogens is 1. The van der Waals surface area contributed by atoms with Crippen LogP contribution in [0, 0.1) is 0 Å². The molecule has 41 heavy (non-hydrogen) atoms. The van der Waals surface area contributed by atoms with Crippen molar-refractivity contribution in [1.82, 2.24) is 5.43 Å². The summed E-state index contributed by atoms with van der Waals surface area (Å²) in [7, 11) is -1.18. The highest BCUT2D eigenvalue weighted by molar-refractivity contribution is 7.92. The summed E-state index contributed by atoms with van der Waals surface area (Å²) in [6, 6.07) is 27.0. The van der Waals surface area contributed by atoms with Crippen LogP contribution < -0.4 is 23.9 Å². The number of benzene rings is 4. The number of anilines is 1. The van der Waals surface area contributed by atoms with E-state index in [0.717, 1.165) is 9.87 Å². The Kier molecular flexibility index (Phi) is 9.83. The predicted molar refractivity (Wildman–Crippen MR) is 158 cm³/mol. The van der Waals surface area contributed by atoms with E-state index in [4.69, 9.17) is 25.8 Å². The van der Waals surface area contributed by atoms with E-state index in [1.54, 1.807) is 60.7 Å². The van der Waals surface area contributed by atoms with E-state index in [1.807, 2.05) is 12.1 Å². The summed E-state index contributed by atoms with van der Waals surface area (Å²) < 4.78 is 44.4. The molecule has 0 atom stereocenters. The number of ether oxygens (including phenoxy) is 3. The van der Waals surface area contributed by atoms with Crippen LogP contribution in [0.1, 0.15) is 11.1 Å². The summed E-state index contributed by atoms with van der Waals surface area (Å²) in [5, 5.41) is 4.65. The van der Waals surface area contributed by atoms with Crippen LogP contribution in [0.15, 0.2) is 107 Å². The van der Waals surface area contributed by atoms with Gasteiger partial charge in [0.25, 0.3) is 15.9 Å². The molecule has 4 aromatic rings. The van der Waals surface area contributed by atoms with Gasteiger partial charge in [0.15, 0.2) is 11.5 Å². The lowest BCUT2D eigenvalue weighted by atomic mass is 10.2. The Morgan fingerprint density at radius 3 is 2.24 bits per heavy atom. The fraction of sp³-hybridized carbons (Fsp3) is 0.133. The third kappa shape index (κ3) is 7.77. The van der Waals surface area contributed by atoms with Crippen molar-refractivity contribution in [2.45, 2.75) is 11.5 Å². The molecule has 0 bridgehead atoms. The molecule has 0 aliphatic rings. The first-order valence-electron chi connectivity index (χ1n) is 12.4. The molecule has 0 unspecified atom stereocenters. The van der Waals surface area contributed by atoms with Crippen molar-refractivity contribution in [2.24, 2.45) is 5.10 Å². The van der Waals surface area contributed by atoms with E-state index in [-0.39, 0.29) is 10.6 Å². The van der Waals surface area contributed by atoms with Gasteiger partial charge >= 0.3 is 0 Å². The third-order valence-electron chi connectivity index (χ3n) is 5.88. The van der Waals surface area contributed by atoms with Gasteiger partial charge in [-0.2, -0.15) is 5.10 Å². The van der Waals surface area contributed by atoms with Gasteiger partial charge in [0, 0.05) is 11.1 Å². The summed E-state index contributed by atoms with van der Waals surface area (Å²) in [6.07, 6.45) is 1.45. The standard InChI is InChI=1S/C30H28ClN3O6S/c1-38-28-17-14-25(18-29(28)39-2)34(41(36,37)27-6-4-3-5-7-27)20-30(35)33-32-19-22-10-15-26(16-11-22)40-21-23-8-12-24(31)13-9-23/h3-19H,20-21H2,1-2H3,(H,33,35)/b32-19+. The molecule has 11 heteroatoms. The number of carbonyl (C=O) groups excluding carboxylic acids is 1. The quantitative estimate of drug-likeness (QED) is 0.177. The molecule has 0 aromatic heterocycles. The van der Waals surface area contributed by atoms with Crippen LogP contribution in [-0.4, -0.2) is 41.3 Å². The van der Waals surface area contributed by atoms with E-state index in [1.165, 1.54) is 44.7 Å². The lowest BCUT2D eigenvalue weighted by Gasteiger charge is -2.24. The molecule has 0 fully saturated rings. The second kappa shape index (κ2) is 13.7. The molecule has 0 heterocycles. The van der Waals surface area contributed by atoms with Crippen molar-refractivity contribution in [3.8, 4) is 17.2 Å². The number of rotatable bonds is 12. The van der Waals surface area contributed by atoms with Crippen LogP contribution in [0.25, 0.3) is 0 Å². The minimum Gasteiger partial charge on any atom is -0.493 e. The fourth-order valence-electron chi connectivity index (χ4n) is 3.76. The molecule has 0 aliphatic carbocycles. The molecular weight excluding hydrogens is 566 g/mol. The lowest BCUT2D eigenvalue weighted by Crippen LogP contribution is -2.39. The highest BCUT2D eigenvalue weighted by Crippen LogP contribution is 2.33. The summed E-state index contributed by atoms with van der Waals surface area (Å²) in [5.74, 6) is 0.761. The van der Waals surface area contributed by atoms with Gasteiger partial charge in [-0.3, -0.25) is 9.10 Å².